The SMILES string of the molecule is COC(=O)c1sc(-c2ccc(NC(=O)c3ccccn3)cc2)cc1N(C(=O)C1CCC(C)CC1)C(C)C. The van der Waals surface area contributed by atoms with Crippen molar-refractivity contribution in [3.05, 3.63) is 65.3 Å². The summed E-state index contributed by atoms with van der Waals surface area (Å²) in [4.78, 5) is 45.9. The predicted molar refractivity (Wildman–Crippen MR) is 147 cm³/mol. The van der Waals surface area contributed by atoms with Gasteiger partial charge in [-0.15, -0.1) is 11.3 Å². The summed E-state index contributed by atoms with van der Waals surface area (Å²) in [5.41, 5.74) is 2.44. The van der Waals surface area contributed by atoms with E-state index >= 15 is 0 Å². The molecule has 0 bridgehead atoms. The number of pyridine rings is 1. The standard InChI is InChI=1S/C29H33N3O4S/c1-18(2)32(28(34)21-10-8-19(3)9-11-21)24-17-25(37-26(24)29(35)36-4)20-12-14-22(15-13-20)31-27(33)23-7-5-6-16-30-23/h5-7,12-19,21H,8-11H2,1-4H3,(H,31,33). The fourth-order valence-corrected chi connectivity index (χ4v) is 5.78. The molecule has 1 saturated carbocycles. The van der Waals surface area contributed by atoms with E-state index in [0.717, 1.165) is 36.1 Å². The van der Waals surface area contributed by atoms with E-state index in [4.69, 9.17) is 4.74 Å². The molecule has 194 valence electrons. The van der Waals surface area contributed by atoms with Gasteiger partial charge in [0, 0.05) is 28.7 Å². The van der Waals surface area contributed by atoms with Crippen molar-refractivity contribution in [1.82, 2.24) is 4.98 Å². The molecule has 1 fully saturated rings. The zero-order chi connectivity index (χ0) is 26.5. The Morgan fingerprint density at radius 2 is 1.76 bits per heavy atom. The summed E-state index contributed by atoms with van der Waals surface area (Å²) in [6, 6.07) is 14.4. The number of anilines is 2. The number of thiophene rings is 1. The molecule has 1 aromatic carbocycles. The minimum atomic E-state index is -0.457. The van der Waals surface area contributed by atoms with Crippen molar-refractivity contribution in [2.24, 2.45) is 11.8 Å². The average Bonchev–Trinajstić information content (AvgIpc) is 3.34. The molecule has 0 radical (unpaired) electrons. The van der Waals surface area contributed by atoms with E-state index in [9.17, 15) is 14.4 Å². The van der Waals surface area contributed by atoms with Gasteiger partial charge in [0.15, 0.2) is 0 Å². The maximum atomic E-state index is 13.7. The smallest absolute Gasteiger partial charge is 0.350 e. The van der Waals surface area contributed by atoms with Crippen molar-refractivity contribution in [3.8, 4) is 10.4 Å². The molecular weight excluding hydrogens is 486 g/mol. The van der Waals surface area contributed by atoms with Crippen molar-refractivity contribution < 1.29 is 19.1 Å². The molecule has 37 heavy (non-hydrogen) atoms. The number of carbonyl (C=O) groups excluding carboxylic acids is 3. The fourth-order valence-electron chi connectivity index (χ4n) is 4.71. The number of nitrogens with zero attached hydrogens (tertiary/aromatic N) is 2. The normalized spacial score (nSPS) is 17.3. The lowest BCUT2D eigenvalue weighted by atomic mass is 9.82. The second kappa shape index (κ2) is 11.7. The maximum Gasteiger partial charge on any atom is 0.350 e. The Balaban J connectivity index is 1.61. The zero-order valence-corrected chi connectivity index (χ0v) is 22.5. The van der Waals surface area contributed by atoms with Crippen LogP contribution in [0.1, 0.15) is 66.6 Å². The Kier molecular flexibility index (Phi) is 8.38. The van der Waals surface area contributed by atoms with E-state index < -0.39 is 5.97 Å². The van der Waals surface area contributed by atoms with Gasteiger partial charge in [-0.1, -0.05) is 25.1 Å². The lowest BCUT2D eigenvalue weighted by Gasteiger charge is -2.33. The number of ether oxygens (including phenoxy) is 1. The zero-order valence-electron chi connectivity index (χ0n) is 21.7. The van der Waals surface area contributed by atoms with Crippen LogP contribution in [0, 0.1) is 11.8 Å². The lowest BCUT2D eigenvalue weighted by Crippen LogP contribution is -2.42. The number of carbonyl (C=O) groups is 3. The maximum absolute atomic E-state index is 13.7. The van der Waals surface area contributed by atoms with Crippen molar-refractivity contribution >= 4 is 40.5 Å². The van der Waals surface area contributed by atoms with Crippen LogP contribution in [0.4, 0.5) is 11.4 Å². The van der Waals surface area contributed by atoms with E-state index in [0.29, 0.717) is 27.9 Å². The topological polar surface area (TPSA) is 88.6 Å². The molecular formula is C29H33N3O4S. The van der Waals surface area contributed by atoms with E-state index in [2.05, 4.69) is 17.2 Å². The van der Waals surface area contributed by atoms with E-state index in [-0.39, 0.29) is 23.8 Å². The number of benzene rings is 1. The third kappa shape index (κ3) is 6.07. The van der Waals surface area contributed by atoms with Crippen LogP contribution in [0.5, 0.6) is 0 Å². The number of aromatic nitrogens is 1. The van der Waals surface area contributed by atoms with Gasteiger partial charge in [-0.3, -0.25) is 14.6 Å². The van der Waals surface area contributed by atoms with Crippen molar-refractivity contribution in [2.45, 2.75) is 52.5 Å². The summed E-state index contributed by atoms with van der Waals surface area (Å²) in [7, 11) is 1.36. The summed E-state index contributed by atoms with van der Waals surface area (Å²) in [5, 5.41) is 2.84. The van der Waals surface area contributed by atoms with Crippen LogP contribution in [0.25, 0.3) is 10.4 Å². The highest BCUT2D eigenvalue weighted by Gasteiger charge is 2.33. The molecule has 7 nitrogen and oxygen atoms in total. The van der Waals surface area contributed by atoms with Gasteiger partial charge in [0.2, 0.25) is 5.91 Å². The van der Waals surface area contributed by atoms with Crippen LogP contribution in [-0.4, -0.2) is 35.9 Å². The van der Waals surface area contributed by atoms with Crippen molar-refractivity contribution in [1.29, 1.82) is 0 Å². The second-order valence-electron chi connectivity index (χ2n) is 9.82. The molecule has 1 N–H and O–H groups in total. The van der Waals surface area contributed by atoms with Crippen LogP contribution in [-0.2, 0) is 9.53 Å². The van der Waals surface area contributed by atoms with Crippen LogP contribution in [0.3, 0.4) is 0 Å². The Morgan fingerprint density at radius 3 is 2.35 bits per heavy atom. The van der Waals surface area contributed by atoms with Crippen LogP contribution in [0.15, 0.2) is 54.7 Å². The van der Waals surface area contributed by atoms with Gasteiger partial charge in [-0.05, 0) is 81.3 Å². The molecule has 2 aromatic heterocycles. The molecule has 0 atom stereocenters. The minimum absolute atomic E-state index is 0.0329. The second-order valence-corrected chi connectivity index (χ2v) is 10.9. The molecule has 4 rings (SSSR count). The van der Waals surface area contributed by atoms with Gasteiger partial charge in [-0.2, -0.15) is 0 Å². The molecule has 0 spiro atoms. The fraction of sp³-hybridized carbons (Fsp3) is 0.379. The van der Waals surface area contributed by atoms with Gasteiger partial charge in [0.05, 0.1) is 12.8 Å². The number of amides is 2. The first kappa shape index (κ1) is 26.5. The van der Waals surface area contributed by atoms with E-state index in [1.807, 2.05) is 44.2 Å². The molecule has 1 aliphatic carbocycles. The molecule has 8 heteroatoms. The summed E-state index contributed by atoms with van der Waals surface area (Å²) < 4.78 is 5.08. The Morgan fingerprint density at radius 1 is 1.05 bits per heavy atom. The quantitative estimate of drug-likeness (QED) is 0.364. The Labute approximate surface area is 221 Å². The van der Waals surface area contributed by atoms with Gasteiger partial charge in [0.1, 0.15) is 10.6 Å². The lowest BCUT2D eigenvalue weighted by molar-refractivity contribution is -0.123. The number of methoxy groups -OCH3 is 1. The van der Waals surface area contributed by atoms with Gasteiger partial charge < -0.3 is 15.0 Å². The minimum Gasteiger partial charge on any atom is -0.465 e. The molecule has 0 saturated heterocycles. The summed E-state index contributed by atoms with van der Waals surface area (Å²) in [6.07, 6.45) is 5.42. The number of hydrogen-bond acceptors (Lipinski definition) is 6. The first-order valence-electron chi connectivity index (χ1n) is 12.7. The highest BCUT2D eigenvalue weighted by Crippen LogP contribution is 2.40. The molecule has 1 aliphatic rings. The molecule has 3 aromatic rings. The van der Waals surface area contributed by atoms with Crippen molar-refractivity contribution in [2.75, 3.05) is 17.3 Å². The summed E-state index contributed by atoms with van der Waals surface area (Å²) in [6.45, 7) is 6.18. The van der Waals surface area contributed by atoms with Crippen LogP contribution >= 0.6 is 11.3 Å². The number of rotatable bonds is 7. The highest BCUT2D eigenvalue weighted by atomic mass is 32.1. The monoisotopic (exact) mass is 519 g/mol. The highest BCUT2D eigenvalue weighted by molar-refractivity contribution is 7.18. The number of hydrogen-bond donors (Lipinski definition) is 1. The van der Waals surface area contributed by atoms with E-state index in [1.54, 1.807) is 29.3 Å². The first-order chi connectivity index (χ1) is 17.8. The summed E-state index contributed by atoms with van der Waals surface area (Å²) in [5.74, 6) is -0.0609. The molecule has 0 unspecified atom stereocenters. The molecule has 2 amide bonds. The van der Waals surface area contributed by atoms with Gasteiger partial charge in [-0.25, -0.2) is 4.79 Å². The van der Waals surface area contributed by atoms with Crippen LogP contribution < -0.4 is 10.2 Å². The van der Waals surface area contributed by atoms with Gasteiger partial charge in [0.25, 0.3) is 5.91 Å². The Hall–Kier alpha value is -3.52. The average molecular weight is 520 g/mol. The predicted octanol–water partition coefficient (Wildman–Crippen LogP) is 6.42. The van der Waals surface area contributed by atoms with Crippen molar-refractivity contribution in [3.63, 3.8) is 0 Å². The third-order valence-electron chi connectivity index (χ3n) is 6.79. The summed E-state index contributed by atoms with van der Waals surface area (Å²) >= 11 is 1.31. The Bertz CT molecular complexity index is 1250. The third-order valence-corrected chi connectivity index (χ3v) is 7.94. The first-order valence-corrected chi connectivity index (χ1v) is 13.5. The van der Waals surface area contributed by atoms with Crippen LogP contribution in [0.2, 0.25) is 0 Å². The number of esters is 1. The van der Waals surface area contributed by atoms with Gasteiger partial charge >= 0.3 is 5.97 Å². The number of nitrogens with one attached hydrogen (secondary N) is 1. The largest absolute Gasteiger partial charge is 0.465 e. The molecule has 0 aliphatic heterocycles. The van der Waals surface area contributed by atoms with E-state index in [1.165, 1.54) is 18.4 Å². The molecule has 2 heterocycles.